The molecule has 1 atom stereocenters. The monoisotopic (exact) mass is 346 g/mol. The summed E-state index contributed by atoms with van der Waals surface area (Å²) in [6, 6.07) is 6.02. The highest BCUT2D eigenvalue weighted by Gasteiger charge is 2.18. The van der Waals surface area contributed by atoms with Gasteiger partial charge in [-0.05, 0) is 38.8 Å². The Morgan fingerprint density at radius 3 is 2.83 bits per heavy atom. The lowest BCUT2D eigenvalue weighted by Gasteiger charge is -2.14. The molecule has 2 aromatic rings. The second kappa shape index (κ2) is 8.87. The molecule has 130 valence electrons. The van der Waals surface area contributed by atoms with Crippen LogP contribution in [0.3, 0.4) is 0 Å². The van der Waals surface area contributed by atoms with E-state index >= 15 is 0 Å². The number of carbonyl (C=O) groups is 1. The van der Waals surface area contributed by atoms with Gasteiger partial charge in [0.1, 0.15) is 6.33 Å². The molecule has 0 aliphatic rings. The molecule has 0 bridgehead atoms. The summed E-state index contributed by atoms with van der Waals surface area (Å²) < 4.78 is 2.03. The van der Waals surface area contributed by atoms with Crippen LogP contribution < -0.4 is 5.32 Å². The van der Waals surface area contributed by atoms with Crippen LogP contribution >= 0.6 is 11.8 Å². The van der Waals surface area contributed by atoms with Crippen molar-refractivity contribution in [2.75, 3.05) is 5.32 Å². The standard InChI is InChI=1S/C18H26N4OS/c1-5-6-7-10-22-12-19-21-18(22)24-15(4)17(23)20-16-9-8-13(2)11-14(16)3/h8-9,11-12,15H,5-7,10H2,1-4H3,(H,20,23)/t15-/m1/s1. The average Bonchev–Trinajstić information content (AvgIpc) is 2.97. The number of carbonyl (C=O) groups excluding carboxylic acids is 1. The van der Waals surface area contributed by atoms with E-state index in [1.165, 1.54) is 30.2 Å². The number of aromatic nitrogens is 3. The normalized spacial score (nSPS) is 12.2. The van der Waals surface area contributed by atoms with E-state index in [1.54, 1.807) is 6.33 Å². The summed E-state index contributed by atoms with van der Waals surface area (Å²) in [6.45, 7) is 9.03. The van der Waals surface area contributed by atoms with Gasteiger partial charge in [0, 0.05) is 12.2 Å². The summed E-state index contributed by atoms with van der Waals surface area (Å²) in [7, 11) is 0. The van der Waals surface area contributed by atoms with Crippen LogP contribution in [-0.4, -0.2) is 25.9 Å². The van der Waals surface area contributed by atoms with Crippen molar-refractivity contribution in [1.82, 2.24) is 14.8 Å². The first-order chi connectivity index (χ1) is 11.5. The van der Waals surface area contributed by atoms with E-state index in [9.17, 15) is 4.79 Å². The highest BCUT2D eigenvalue weighted by atomic mass is 32.2. The zero-order chi connectivity index (χ0) is 17.5. The number of thioether (sulfide) groups is 1. The molecule has 0 radical (unpaired) electrons. The van der Waals surface area contributed by atoms with Gasteiger partial charge in [-0.2, -0.15) is 0 Å². The Kier molecular flexibility index (Phi) is 6.85. The van der Waals surface area contributed by atoms with E-state index in [4.69, 9.17) is 0 Å². The third kappa shape index (κ3) is 5.09. The van der Waals surface area contributed by atoms with Gasteiger partial charge in [-0.1, -0.05) is 49.2 Å². The quantitative estimate of drug-likeness (QED) is 0.575. The summed E-state index contributed by atoms with van der Waals surface area (Å²) in [5.74, 6) is -0.0185. The summed E-state index contributed by atoms with van der Waals surface area (Å²) in [6.07, 6.45) is 5.21. The number of hydrogen-bond acceptors (Lipinski definition) is 4. The van der Waals surface area contributed by atoms with Crippen molar-refractivity contribution in [2.24, 2.45) is 0 Å². The molecule has 1 heterocycles. The average molecular weight is 347 g/mol. The minimum atomic E-state index is -0.236. The molecule has 2 rings (SSSR count). The third-order valence-corrected chi connectivity index (χ3v) is 4.97. The largest absolute Gasteiger partial charge is 0.325 e. The van der Waals surface area contributed by atoms with Gasteiger partial charge in [0.25, 0.3) is 0 Å². The Labute approximate surface area is 148 Å². The van der Waals surface area contributed by atoms with Crippen molar-refractivity contribution in [3.8, 4) is 0 Å². The van der Waals surface area contributed by atoms with Gasteiger partial charge in [-0.3, -0.25) is 4.79 Å². The van der Waals surface area contributed by atoms with Gasteiger partial charge in [0.05, 0.1) is 5.25 Å². The lowest BCUT2D eigenvalue weighted by atomic mass is 10.1. The number of nitrogens with zero attached hydrogens (tertiary/aromatic N) is 3. The maximum Gasteiger partial charge on any atom is 0.237 e. The zero-order valence-electron chi connectivity index (χ0n) is 14.9. The first-order valence-electron chi connectivity index (χ1n) is 8.43. The zero-order valence-corrected chi connectivity index (χ0v) is 15.7. The van der Waals surface area contributed by atoms with Gasteiger partial charge < -0.3 is 9.88 Å². The summed E-state index contributed by atoms with van der Waals surface area (Å²) in [5.41, 5.74) is 3.12. The predicted octanol–water partition coefficient (Wildman–Crippen LogP) is 4.20. The Hall–Kier alpha value is -1.82. The van der Waals surface area contributed by atoms with Crippen LogP contribution in [-0.2, 0) is 11.3 Å². The van der Waals surface area contributed by atoms with Crippen molar-refractivity contribution in [1.29, 1.82) is 0 Å². The molecule has 0 unspecified atom stereocenters. The molecule has 0 saturated carbocycles. The Balaban J connectivity index is 1.95. The van der Waals surface area contributed by atoms with Crippen molar-refractivity contribution in [3.05, 3.63) is 35.7 Å². The van der Waals surface area contributed by atoms with Gasteiger partial charge >= 0.3 is 0 Å². The van der Waals surface area contributed by atoms with Crippen LogP contribution in [0.1, 0.15) is 44.2 Å². The van der Waals surface area contributed by atoms with Crippen LogP contribution in [0.2, 0.25) is 0 Å². The van der Waals surface area contributed by atoms with E-state index in [1.807, 2.05) is 37.5 Å². The fraction of sp³-hybridized carbons (Fsp3) is 0.500. The van der Waals surface area contributed by atoms with Crippen molar-refractivity contribution < 1.29 is 4.79 Å². The van der Waals surface area contributed by atoms with E-state index in [0.29, 0.717) is 0 Å². The molecular weight excluding hydrogens is 320 g/mol. The minimum Gasteiger partial charge on any atom is -0.325 e. The molecule has 0 fully saturated rings. The molecule has 0 spiro atoms. The lowest BCUT2D eigenvalue weighted by molar-refractivity contribution is -0.115. The van der Waals surface area contributed by atoms with Crippen LogP contribution in [0.25, 0.3) is 0 Å². The molecule has 1 N–H and O–H groups in total. The fourth-order valence-electron chi connectivity index (χ4n) is 2.42. The Morgan fingerprint density at radius 1 is 1.33 bits per heavy atom. The van der Waals surface area contributed by atoms with Crippen LogP contribution in [0.15, 0.2) is 29.7 Å². The molecule has 5 nitrogen and oxygen atoms in total. The summed E-state index contributed by atoms with van der Waals surface area (Å²) in [5, 5.41) is 11.7. The van der Waals surface area contributed by atoms with Gasteiger partial charge in [-0.25, -0.2) is 0 Å². The van der Waals surface area contributed by atoms with Crippen molar-refractivity contribution in [3.63, 3.8) is 0 Å². The van der Waals surface area contributed by atoms with Gasteiger partial charge in [-0.15, -0.1) is 10.2 Å². The van der Waals surface area contributed by atoms with E-state index in [2.05, 4.69) is 28.5 Å². The van der Waals surface area contributed by atoms with E-state index in [0.717, 1.165) is 29.4 Å². The second-order valence-electron chi connectivity index (χ2n) is 6.08. The first-order valence-corrected chi connectivity index (χ1v) is 9.31. The number of aryl methyl sites for hydroxylation is 3. The molecular formula is C18H26N4OS. The van der Waals surface area contributed by atoms with Crippen LogP contribution in [0.5, 0.6) is 0 Å². The molecule has 0 saturated heterocycles. The Bertz CT molecular complexity index is 683. The van der Waals surface area contributed by atoms with Crippen LogP contribution in [0, 0.1) is 13.8 Å². The number of anilines is 1. The highest BCUT2D eigenvalue weighted by Crippen LogP contribution is 2.23. The Morgan fingerprint density at radius 2 is 2.12 bits per heavy atom. The number of unbranched alkanes of at least 4 members (excludes halogenated alkanes) is 2. The predicted molar refractivity (Wildman–Crippen MR) is 99.4 cm³/mol. The number of benzene rings is 1. The lowest BCUT2D eigenvalue weighted by Crippen LogP contribution is -2.23. The molecule has 1 amide bonds. The highest BCUT2D eigenvalue weighted by molar-refractivity contribution is 8.00. The van der Waals surface area contributed by atoms with Gasteiger partial charge in [0.15, 0.2) is 5.16 Å². The van der Waals surface area contributed by atoms with Crippen molar-refractivity contribution >= 4 is 23.4 Å². The topological polar surface area (TPSA) is 59.8 Å². The molecule has 0 aliphatic heterocycles. The summed E-state index contributed by atoms with van der Waals surface area (Å²) in [4.78, 5) is 12.5. The maximum absolute atomic E-state index is 12.5. The van der Waals surface area contributed by atoms with Crippen molar-refractivity contribution in [2.45, 2.75) is 63.9 Å². The number of nitrogens with one attached hydrogen (secondary N) is 1. The smallest absolute Gasteiger partial charge is 0.237 e. The van der Waals surface area contributed by atoms with E-state index in [-0.39, 0.29) is 11.2 Å². The van der Waals surface area contributed by atoms with Gasteiger partial charge in [0.2, 0.25) is 5.91 Å². The molecule has 1 aromatic carbocycles. The third-order valence-electron chi connectivity index (χ3n) is 3.87. The molecule has 0 aliphatic carbocycles. The molecule has 24 heavy (non-hydrogen) atoms. The first kappa shape index (κ1) is 18.5. The molecule has 1 aromatic heterocycles. The van der Waals surface area contributed by atoms with E-state index < -0.39 is 0 Å². The molecule has 6 heteroatoms. The van der Waals surface area contributed by atoms with Crippen LogP contribution in [0.4, 0.5) is 5.69 Å². The fourth-order valence-corrected chi connectivity index (χ4v) is 3.27. The number of hydrogen-bond donors (Lipinski definition) is 1. The summed E-state index contributed by atoms with van der Waals surface area (Å²) >= 11 is 1.45. The minimum absolute atomic E-state index is 0.0185. The second-order valence-corrected chi connectivity index (χ2v) is 7.39. The SMILES string of the molecule is CCCCCn1cnnc1S[C@H](C)C(=O)Nc1ccc(C)cc1C. The number of rotatable bonds is 8. The maximum atomic E-state index is 12.5. The number of amides is 1.